The van der Waals surface area contributed by atoms with Crippen LogP contribution in [0.25, 0.3) is 0 Å². The van der Waals surface area contributed by atoms with E-state index in [2.05, 4.69) is 23.6 Å². The summed E-state index contributed by atoms with van der Waals surface area (Å²) < 4.78 is 5.24. The largest absolute Gasteiger partial charge is 0.497 e. The summed E-state index contributed by atoms with van der Waals surface area (Å²) in [5.74, 6) is 0.780. The van der Waals surface area contributed by atoms with Crippen molar-refractivity contribution in [2.24, 2.45) is 0 Å². The van der Waals surface area contributed by atoms with Crippen LogP contribution in [0.1, 0.15) is 25.5 Å². The summed E-state index contributed by atoms with van der Waals surface area (Å²) >= 11 is 0. The Morgan fingerprint density at radius 2 is 1.76 bits per heavy atom. The fourth-order valence-corrected chi connectivity index (χ4v) is 2.10. The van der Waals surface area contributed by atoms with Gasteiger partial charge in [-0.15, -0.1) is 0 Å². The Kier molecular flexibility index (Phi) is 4.82. The van der Waals surface area contributed by atoms with Gasteiger partial charge in [0.05, 0.1) is 7.11 Å². The van der Waals surface area contributed by atoms with Gasteiger partial charge in [-0.3, -0.25) is 4.79 Å². The summed E-state index contributed by atoms with van der Waals surface area (Å²) in [7, 11) is 1.66. The van der Waals surface area contributed by atoms with E-state index in [1.165, 1.54) is 6.92 Å². The van der Waals surface area contributed by atoms with Crippen LogP contribution in [0.4, 0.5) is 11.4 Å². The number of carbonyl (C=O) groups excluding carboxylic acids is 1. The van der Waals surface area contributed by atoms with Crippen LogP contribution in [0.3, 0.4) is 0 Å². The van der Waals surface area contributed by atoms with Gasteiger partial charge in [0.15, 0.2) is 0 Å². The van der Waals surface area contributed by atoms with Crippen LogP contribution >= 0.6 is 0 Å². The van der Waals surface area contributed by atoms with Crippen molar-refractivity contribution in [3.05, 3.63) is 54.1 Å². The second-order valence-corrected chi connectivity index (χ2v) is 4.90. The molecule has 0 aliphatic carbocycles. The molecule has 0 heterocycles. The second kappa shape index (κ2) is 6.79. The molecule has 0 spiro atoms. The van der Waals surface area contributed by atoms with Gasteiger partial charge in [-0.25, -0.2) is 0 Å². The second-order valence-electron chi connectivity index (χ2n) is 4.90. The number of rotatable bonds is 5. The van der Waals surface area contributed by atoms with E-state index >= 15 is 0 Å². The van der Waals surface area contributed by atoms with Crippen molar-refractivity contribution < 1.29 is 9.53 Å². The third-order valence-electron chi connectivity index (χ3n) is 3.18. The van der Waals surface area contributed by atoms with Gasteiger partial charge in [0.25, 0.3) is 0 Å². The number of carbonyl (C=O) groups is 1. The zero-order valence-electron chi connectivity index (χ0n) is 12.5. The maximum Gasteiger partial charge on any atom is 0.221 e. The zero-order chi connectivity index (χ0) is 15.2. The van der Waals surface area contributed by atoms with Gasteiger partial charge in [0, 0.05) is 24.3 Å². The Balaban J connectivity index is 2.04. The van der Waals surface area contributed by atoms with E-state index in [1.54, 1.807) is 7.11 Å². The molecule has 21 heavy (non-hydrogen) atoms. The summed E-state index contributed by atoms with van der Waals surface area (Å²) in [6.45, 7) is 3.59. The van der Waals surface area contributed by atoms with Crippen LogP contribution < -0.4 is 15.4 Å². The van der Waals surface area contributed by atoms with Crippen LogP contribution in [0.2, 0.25) is 0 Å². The average molecular weight is 284 g/mol. The van der Waals surface area contributed by atoms with Crippen molar-refractivity contribution >= 4 is 17.3 Å². The van der Waals surface area contributed by atoms with Gasteiger partial charge in [-0.05, 0) is 48.9 Å². The molecule has 1 amide bonds. The lowest BCUT2D eigenvalue weighted by Gasteiger charge is -2.16. The highest BCUT2D eigenvalue weighted by Gasteiger charge is 2.06. The number of nitrogens with one attached hydrogen (secondary N) is 2. The van der Waals surface area contributed by atoms with E-state index < -0.39 is 0 Å². The Morgan fingerprint density at radius 1 is 1.10 bits per heavy atom. The molecule has 4 heteroatoms. The molecule has 1 atom stereocenters. The SMILES string of the molecule is COc1cccc(C(C)Nc2ccc(NC(C)=O)cc2)c1. The van der Waals surface area contributed by atoms with Crippen LogP contribution in [-0.4, -0.2) is 13.0 Å². The lowest BCUT2D eigenvalue weighted by molar-refractivity contribution is -0.114. The lowest BCUT2D eigenvalue weighted by Crippen LogP contribution is -2.08. The van der Waals surface area contributed by atoms with Crippen LogP contribution in [0, 0.1) is 0 Å². The highest BCUT2D eigenvalue weighted by molar-refractivity contribution is 5.88. The third kappa shape index (κ3) is 4.24. The van der Waals surface area contributed by atoms with Crippen molar-refractivity contribution in [3.8, 4) is 5.75 Å². The van der Waals surface area contributed by atoms with E-state index in [-0.39, 0.29) is 11.9 Å². The molecule has 4 nitrogen and oxygen atoms in total. The minimum absolute atomic E-state index is 0.0690. The third-order valence-corrected chi connectivity index (χ3v) is 3.18. The molecule has 2 aromatic carbocycles. The molecule has 110 valence electrons. The highest BCUT2D eigenvalue weighted by Crippen LogP contribution is 2.23. The molecule has 0 bridgehead atoms. The van der Waals surface area contributed by atoms with Crippen molar-refractivity contribution in [3.63, 3.8) is 0 Å². The van der Waals surface area contributed by atoms with Crippen molar-refractivity contribution in [1.82, 2.24) is 0 Å². The first-order chi connectivity index (χ1) is 10.1. The van der Waals surface area contributed by atoms with Crippen molar-refractivity contribution in [2.45, 2.75) is 19.9 Å². The minimum Gasteiger partial charge on any atom is -0.497 e. The maximum atomic E-state index is 11.0. The van der Waals surface area contributed by atoms with Crippen molar-refractivity contribution in [2.75, 3.05) is 17.7 Å². The summed E-state index contributed by atoms with van der Waals surface area (Å²) in [5.41, 5.74) is 2.95. The topological polar surface area (TPSA) is 50.4 Å². The van der Waals surface area contributed by atoms with Crippen molar-refractivity contribution in [1.29, 1.82) is 0 Å². The molecular weight excluding hydrogens is 264 g/mol. The van der Waals surface area contributed by atoms with E-state index in [0.717, 1.165) is 22.7 Å². The number of hydrogen-bond donors (Lipinski definition) is 2. The number of ether oxygens (including phenoxy) is 1. The quantitative estimate of drug-likeness (QED) is 0.877. The van der Waals surface area contributed by atoms with Gasteiger partial charge >= 0.3 is 0 Å². The summed E-state index contributed by atoms with van der Waals surface area (Å²) in [6, 6.07) is 15.8. The maximum absolute atomic E-state index is 11.0. The predicted octanol–water partition coefficient (Wildman–Crippen LogP) is 3.83. The molecule has 1 unspecified atom stereocenters. The molecule has 0 radical (unpaired) electrons. The van der Waals surface area contributed by atoms with Gasteiger partial charge in [-0.1, -0.05) is 12.1 Å². The normalized spacial score (nSPS) is 11.6. The lowest BCUT2D eigenvalue weighted by atomic mass is 10.1. The molecule has 2 aromatic rings. The highest BCUT2D eigenvalue weighted by atomic mass is 16.5. The average Bonchev–Trinajstić information content (AvgIpc) is 2.49. The first kappa shape index (κ1) is 14.9. The molecule has 2 N–H and O–H groups in total. The van der Waals surface area contributed by atoms with Gasteiger partial charge in [-0.2, -0.15) is 0 Å². The monoisotopic (exact) mass is 284 g/mol. The fraction of sp³-hybridized carbons (Fsp3) is 0.235. The Bertz CT molecular complexity index is 608. The van der Waals surface area contributed by atoms with E-state index in [0.29, 0.717) is 0 Å². The van der Waals surface area contributed by atoms with E-state index in [1.807, 2.05) is 42.5 Å². The molecule has 0 aliphatic heterocycles. The first-order valence-electron chi connectivity index (χ1n) is 6.86. The minimum atomic E-state index is -0.0690. The standard InChI is InChI=1S/C17H20N2O2/c1-12(14-5-4-6-17(11-14)21-3)18-15-7-9-16(10-8-15)19-13(2)20/h4-12,18H,1-3H3,(H,19,20). The molecule has 0 fully saturated rings. The smallest absolute Gasteiger partial charge is 0.221 e. The molecule has 2 rings (SSSR count). The van der Waals surface area contributed by atoms with Gasteiger partial charge in [0.1, 0.15) is 5.75 Å². The summed E-state index contributed by atoms with van der Waals surface area (Å²) in [5, 5.41) is 6.17. The van der Waals surface area contributed by atoms with Crippen LogP contribution in [0.15, 0.2) is 48.5 Å². The van der Waals surface area contributed by atoms with Gasteiger partial charge < -0.3 is 15.4 Å². The Morgan fingerprint density at radius 3 is 2.38 bits per heavy atom. The molecule has 0 saturated heterocycles. The number of hydrogen-bond acceptors (Lipinski definition) is 3. The zero-order valence-corrected chi connectivity index (χ0v) is 12.5. The number of benzene rings is 2. The summed E-state index contributed by atoms with van der Waals surface area (Å²) in [4.78, 5) is 11.0. The summed E-state index contributed by atoms with van der Waals surface area (Å²) in [6.07, 6.45) is 0. The molecular formula is C17H20N2O2. The number of anilines is 2. The molecule has 0 aromatic heterocycles. The first-order valence-corrected chi connectivity index (χ1v) is 6.86. The van der Waals surface area contributed by atoms with E-state index in [4.69, 9.17) is 4.74 Å². The number of amides is 1. The Labute approximate surface area is 125 Å². The van der Waals surface area contributed by atoms with Gasteiger partial charge in [0.2, 0.25) is 5.91 Å². The number of methoxy groups -OCH3 is 1. The van der Waals surface area contributed by atoms with E-state index in [9.17, 15) is 4.79 Å². The fourth-order valence-electron chi connectivity index (χ4n) is 2.10. The Hall–Kier alpha value is -2.49. The molecule has 0 aliphatic rings. The van der Waals surface area contributed by atoms with Crippen LogP contribution in [-0.2, 0) is 4.79 Å². The molecule has 0 saturated carbocycles. The predicted molar refractivity (Wildman–Crippen MR) is 85.8 cm³/mol. The van der Waals surface area contributed by atoms with Crippen LogP contribution in [0.5, 0.6) is 5.75 Å².